The number of ether oxygens (including phenoxy) is 1. The quantitative estimate of drug-likeness (QED) is 0.784. The van der Waals surface area contributed by atoms with E-state index in [0.717, 1.165) is 22.3 Å². The van der Waals surface area contributed by atoms with Crippen LogP contribution in [0, 0.1) is 20.8 Å². The Morgan fingerprint density at radius 3 is 2.52 bits per heavy atom. The molecule has 0 fully saturated rings. The zero-order valence-corrected chi connectivity index (χ0v) is 13.8. The second kappa shape index (κ2) is 6.42. The fourth-order valence-electron chi connectivity index (χ4n) is 2.77. The minimum absolute atomic E-state index is 0.0723. The van der Waals surface area contributed by atoms with Gasteiger partial charge in [-0.1, -0.05) is 18.2 Å². The van der Waals surface area contributed by atoms with Crippen molar-refractivity contribution >= 4 is 11.0 Å². The molecule has 0 atom stereocenters. The number of fused-ring (bicyclic) bond motifs is 1. The molecule has 0 aliphatic carbocycles. The highest BCUT2D eigenvalue weighted by Crippen LogP contribution is 2.21. The van der Waals surface area contributed by atoms with E-state index in [2.05, 4.69) is 31.0 Å². The van der Waals surface area contributed by atoms with Crippen molar-refractivity contribution in [3.8, 4) is 5.75 Å². The first-order valence-corrected chi connectivity index (χ1v) is 7.86. The van der Waals surface area contributed by atoms with Gasteiger partial charge in [0.2, 0.25) is 0 Å². The number of aliphatic hydroxyl groups is 1. The molecular weight excluding hydrogens is 288 g/mol. The van der Waals surface area contributed by atoms with Crippen LogP contribution in [-0.2, 0) is 13.2 Å². The maximum absolute atomic E-state index is 9.59. The van der Waals surface area contributed by atoms with Gasteiger partial charge in [0.25, 0.3) is 0 Å². The minimum Gasteiger partial charge on any atom is -0.491 e. The van der Waals surface area contributed by atoms with Gasteiger partial charge in [-0.3, -0.25) is 0 Å². The van der Waals surface area contributed by atoms with Gasteiger partial charge < -0.3 is 14.4 Å². The van der Waals surface area contributed by atoms with Crippen molar-refractivity contribution in [1.29, 1.82) is 0 Å². The van der Waals surface area contributed by atoms with Crippen molar-refractivity contribution in [1.82, 2.24) is 9.55 Å². The Balaban J connectivity index is 1.84. The Morgan fingerprint density at radius 1 is 1.04 bits per heavy atom. The summed E-state index contributed by atoms with van der Waals surface area (Å²) < 4.78 is 7.92. The molecule has 0 radical (unpaired) electrons. The average Bonchev–Trinajstić information content (AvgIpc) is 2.87. The van der Waals surface area contributed by atoms with Crippen molar-refractivity contribution in [2.75, 3.05) is 6.61 Å². The van der Waals surface area contributed by atoms with E-state index in [4.69, 9.17) is 4.74 Å². The van der Waals surface area contributed by atoms with Gasteiger partial charge in [-0.05, 0) is 55.7 Å². The number of aromatic nitrogens is 2. The topological polar surface area (TPSA) is 47.3 Å². The third kappa shape index (κ3) is 3.08. The number of imidazole rings is 1. The normalized spacial score (nSPS) is 11.1. The van der Waals surface area contributed by atoms with Crippen molar-refractivity contribution in [2.45, 2.75) is 33.9 Å². The van der Waals surface area contributed by atoms with Crippen LogP contribution in [0.3, 0.4) is 0 Å². The van der Waals surface area contributed by atoms with Gasteiger partial charge in [0.05, 0.1) is 17.6 Å². The van der Waals surface area contributed by atoms with Crippen LogP contribution in [0.5, 0.6) is 5.75 Å². The third-order valence-corrected chi connectivity index (χ3v) is 4.25. The lowest BCUT2D eigenvalue weighted by Crippen LogP contribution is -2.11. The maximum atomic E-state index is 9.59. The molecule has 3 rings (SSSR count). The van der Waals surface area contributed by atoms with Gasteiger partial charge in [-0.15, -0.1) is 0 Å². The van der Waals surface area contributed by atoms with Crippen LogP contribution < -0.4 is 4.74 Å². The predicted molar refractivity (Wildman–Crippen MR) is 91.8 cm³/mol. The average molecular weight is 310 g/mol. The first-order chi connectivity index (χ1) is 11.1. The second-order valence-electron chi connectivity index (χ2n) is 5.88. The molecule has 1 aromatic heterocycles. The predicted octanol–water partition coefficient (Wildman–Crippen LogP) is 3.53. The Kier molecular flexibility index (Phi) is 4.35. The number of aryl methyl sites for hydroxylation is 3. The fraction of sp³-hybridized carbons (Fsp3) is 0.316. The zero-order chi connectivity index (χ0) is 16.4. The monoisotopic (exact) mass is 310 g/mol. The van der Waals surface area contributed by atoms with Crippen LogP contribution in [0.15, 0.2) is 36.4 Å². The van der Waals surface area contributed by atoms with Crippen molar-refractivity contribution in [3.63, 3.8) is 0 Å². The van der Waals surface area contributed by atoms with Crippen LogP contribution in [0.25, 0.3) is 11.0 Å². The summed E-state index contributed by atoms with van der Waals surface area (Å²) in [6, 6.07) is 12.2. The summed E-state index contributed by atoms with van der Waals surface area (Å²) in [7, 11) is 0. The Bertz CT molecular complexity index is 837. The first-order valence-electron chi connectivity index (χ1n) is 7.86. The van der Waals surface area contributed by atoms with Crippen LogP contribution in [0.2, 0.25) is 0 Å². The Labute approximate surface area is 136 Å². The zero-order valence-electron chi connectivity index (χ0n) is 13.8. The van der Waals surface area contributed by atoms with Gasteiger partial charge in [0.15, 0.2) is 0 Å². The summed E-state index contributed by atoms with van der Waals surface area (Å²) in [4.78, 5) is 4.53. The molecule has 0 aliphatic rings. The molecule has 4 nitrogen and oxygen atoms in total. The van der Waals surface area contributed by atoms with Crippen LogP contribution in [-0.4, -0.2) is 21.3 Å². The molecule has 1 N–H and O–H groups in total. The van der Waals surface area contributed by atoms with Crippen molar-refractivity contribution in [2.24, 2.45) is 0 Å². The molecular formula is C19H22N2O2. The highest BCUT2D eigenvalue weighted by molar-refractivity contribution is 5.78. The highest BCUT2D eigenvalue weighted by atomic mass is 16.5. The molecule has 0 bridgehead atoms. The molecule has 2 aromatic carbocycles. The molecule has 0 saturated heterocycles. The SMILES string of the molecule is Cc1cc2nc(CO)n(CCOc3ccccc3C)c2cc1C. The standard InChI is InChI=1S/C19H22N2O2/c1-13-6-4-5-7-18(13)23-9-8-21-17-11-15(3)14(2)10-16(17)20-19(21)12-22/h4-7,10-11,22H,8-9,12H2,1-3H3. The molecule has 1 heterocycles. The lowest BCUT2D eigenvalue weighted by atomic mass is 10.1. The smallest absolute Gasteiger partial charge is 0.135 e. The lowest BCUT2D eigenvalue weighted by molar-refractivity contribution is 0.255. The Hall–Kier alpha value is -2.33. The number of benzene rings is 2. The van der Waals surface area contributed by atoms with Gasteiger partial charge in [0, 0.05) is 0 Å². The van der Waals surface area contributed by atoms with E-state index in [1.807, 2.05) is 35.8 Å². The molecule has 0 saturated carbocycles. The van der Waals surface area contributed by atoms with Gasteiger partial charge in [0.1, 0.15) is 24.8 Å². The van der Waals surface area contributed by atoms with Gasteiger partial charge >= 0.3 is 0 Å². The van der Waals surface area contributed by atoms with Gasteiger partial charge in [-0.25, -0.2) is 4.98 Å². The summed E-state index contributed by atoms with van der Waals surface area (Å²) in [5.74, 6) is 1.58. The van der Waals surface area contributed by atoms with Gasteiger partial charge in [-0.2, -0.15) is 0 Å². The maximum Gasteiger partial charge on any atom is 0.135 e. The molecule has 4 heteroatoms. The number of aliphatic hydroxyl groups excluding tert-OH is 1. The van der Waals surface area contributed by atoms with E-state index in [1.54, 1.807) is 0 Å². The largest absolute Gasteiger partial charge is 0.491 e. The summed E-state index contributed by atoms with van der Waals surface area (Å²) in [6.07, 6.45) is 0. The molecule has 120 valence electrons. The molecule has 0 spiro atoms. The molecule has 0 amide bonds. The van der Waals surface area contributed by atoms with E-state index >= 15 is 0 Å². The minimum atomic E-state index is -0.0723. The number of hydrogen-bond acceptors (Lipinski definition) is 3. The summed E-state index contributed by atoms with van der Waals surface area (Å²) in [6.45, 7) is 7.33. The Morgan fingerprint density at radius 2 is 1.78 bits per heavy atom. The van der Waals surface area contributed by atoms with Crippen molar-refractivity contribution in [3.05, 3.63) is 58.9 Å². The summed E-state index contributed by atoms with van der Waals surface area (Å²) in [5.41, 5.74) is 5.53. The fourth-order valence-corrected chi connectivity index (χ4v) is 2.77. The van der Waals surface area contributed by atoms with E-state index < -0.39 is 0 Å². The number of para-hydroxylation sites is 1. The molecule has 0 unspecified atom stereocenters. The van der Waals surface area contributed by atoms with E-state index in [-0.39, 0.29) is 6.61 Å². The third-order valence-electron chi connectivity index (χ3n) is 4.25. The number of nitrogens with zero attached hydrogens (tertiary/aromatic N) is 2. The van der Waals surface area contributed by atoms with Crippen molar-refractivity contribution < 1.29 is 9.84 Å². The second-order valence-corrected chi connectivity index (χ2v) is 5.88. The van der Waals surface area contributed by atoms with E-state index in [9.17, 15) is 5.11 Å². The van der Waals surface area contributed by atoms with E-state index in [0.29, 0.717) is 19.0 Å². The summed E-state index contributed by atoms with van der Waals surface area (Å²) >= 11 is 0. The number of rotatable bonds is 5. The molecule has 23 heavy (non-hydrogen) atoms. The molecule has 3 aromatic rings. The van der Waals surface area contributed by atoms with E-state index in [1.165, 1.54) is 11.1 Å². The first kappa shape index (κ1) is 15.6. The van der Waals surface area contributed by atoms with Crippen LogP contribution in [0.1, 0.15) is 22.5 Å². The highest BCUT2D eigenvalue weighted by Gasteiger charge is 2.11. The lowest BCUT2D eigenvalue weighted by Gasteiger charge is -2.12. The number of hydrogen-bond donors (Lipinski definition) is 1. The molecule has 0 aliphatic heterocycles. The summed E-state index contributed by atoms with van der Waals surface area (Å²) in [5, 5.41) is 9.59. The van der Waals surface area contributed by atoms with Crippen LogP contribution >= 0.6 is 0 Å². The van der Waals surface area contributed by atoms with Crippen LogP contribution in [0.4, 0.5) is 0 Å².